The average molecular weight is 777 g/mol. The molecule has 0 fully saturated rings. The summed E-state index contributed by atoms with van der Waals surface area (Å²) < 4.78 is 0. The third-order valence-corrected chi connectivity index (χ3v) is 12.9. The number of hydrogen-bond acceptors (Lipinski definition) is 2. The van der Waals surface area contributed by atoms with Crippen LogP contribution in [0.4, 0.5) is 34.1 Å². The highest BCUT2D eigenvalue weighted by Gasteiger charge is 2.51. The van der Waals surface area contributed by atoms with Gasteiger partial charge in [0, 0.05) is 22.3 Å². The fraction of sp³-hybridized carbons (Fsp3) is 0.0169. The van der Waals surface area contributed by atoms with E-state index in [-0.39, 0.29) is 0 Å². The van der Waals surface area contributed by atoms with Crippen LogP contribution < -0.4 is 9.80 Å². The van der Waals surface area contributed by atoms with Gasteiger partial charge in [-0.15, -0.1) is 0 Å². The molecule has 0 unspecified atom stereocenters. The highest BCUT2D eigenvalue weighted by atomic mass is 15.2. The minimum Gasteiger partial charge on any atom is -0.310 e. The first-order chi connectivity index (χ1) is 30.3. The van der Waals surface area contributed by atoms with Crippen molar-refractivity contribution in [2.45, 2.75) is 5.41 Å². The van der Waals surface area contributed by atoms with E-state index < -0.39 is 5.41 Å². The molecule has 1 aliphatic heterocycles. The highest BCUT2D eigenvalue weighted by molar-refractivity contribution is 6.03. The van der Waals surface area contributed by atoms with Crippen molar-refractivity contribution >= 4 is 44.9 Å². The Morgan fingerprint density at radius 1 is 0.328 bits per heavy atom. The normalized spacial score (nSPS) is 13.0. The van der Waals surface area contributed by atoms with E-state index in [0.717, 1.165) is 22.7 Å². The molecule has 286 valence electrons. The van der Waals surface area contributed by atoms with Crippen molar-refractivity contribution in [1.29, 1.82) is 0 Å². The molecule has 2 heteroatoms. The molecule has 0 bridgehead atoms. The van der Waals surface area contributed by atoms with Gasteiger partial charge in [-0.3, -0.25) is 0 Å². The largest absolute Gasteiger partial charge is 0.310 e. The summed E-state index contributed by atoms with van der Waals surface area (Å²) in [6.07, 6.45) is 0. The lowest BCUT2D eigenvalue weighted by molar-refractivity contribution is 0.752. The molecule has 2 nitrogen and oxygen atoms in total. The molecule has 0 radical (unpaired) electrons. The van der Waals surface area contributed by atoms with E-state index in [1.54, 1.807) is 0 Å². The fourth-order valence-electron chi connectivity index (χ4n) is 10.4. The lowest BCUT2D eigenvalue weighted by Gasteiger charge is -2.45. The summed E-state index contributed by atoms with van der Waals surface area (Å²) in [5.74, 6) is 0. The van der Waals surface area contributed by atoms with E-state index in [1.165, 1.54) is 77.8 Å². The SMILES string of the molecule is c1ccc(-c2ccccc2-c2ccccc2N(c2ccc3c(c2)C2(c4ccccc4-3)c3ccccc3N(c3ccccc3)c3ccccc32)c2cccc3ccccc23)cc1. The van der Waals surface area contributed by atoms with Gasteiger partial charge in [-0.1, -0.05) is 194 Å². The van der Waals surface area contributed by atoms with Gasteiger partial charge in [0.25, 0.3) is 0 Å². The number of fused-ring (bicyclic) bond motifs is 10. The van der Waals surface area contributed by atoms with Gasteiger partial charge in [0.05, 0.1) is 28.2 Å². The molecule has 1 aliphatic carbocycles. The minimum atomic E-state index is -0.579. The monoisotopic (exact) mass is 776 g/mol. The van der Waals surface area contributed by atoms with Crippen molar-refractivity contribution in [3.05, 3.63) is 265 Å². The number of nitrogens with zero attached hydrogens (tertiary/aromatic N) is 2. The summed E-state index contributed by atoms with van der Waals surface area (Å²) >= 11 is 0. The van der Waals surface area contributed by atoms with E-state index in [1.807, 2.05) is 0 Å². The lowest BCUT2D eigenvalue weighted by atomic mass is 9.64. The van der Waals surface area contributed by atoms with E-state index in [4.69, 9.17) is 0 Å². The third kappa shape index (κ3) is 5.29. The standard InChI is InChI=1S/C59H40N2/c1-3-20-41(21-4-1)45-26-9-10-28-47(45)50-30-12-16-34-56(50)61(55-37-19-23-42-22-7-8-27-46(42)55)44-38-39-49-48-29-11-13-31-51(48)59(54(49)40-44)52-32-14-17-35-57(52)60(43-24-5-2-6-25-43)58-36-18-15-33-53(58)59/h1-40H. The molecule has 1 spiro atoms. The molecule has 61 heavy (non-hydrogen) atoms. The Morgan fingerprint density at radius 2 is 0.852 bits per heavy atom. The van der Waals surface area contributed by atoms with Crippen LogP contribution in [0.15, 0.2) is 243 Å². The van der Waals surface area contributed by atoms with Gasteiger partial charge in [-0.25, -0.2) is 0 Å². The quantitative estimate of drug-likeness (QED) is 0.166. The summed E-state index contributed by atoms with van der Waals surface area (Å²) in [6, 6.07) is 89.2. The zero-order chi connectivity index (χ0) is 40.3. The van der Waals surface area contributed by atoms with E-state index >= 15 is 0 Å². The molecule has 0 saturated heterocycles. The molecular formula is C59H40N2. The van der Waals surface area contributed by atoms with Crippen LogP contribution in [-0.4, -0.2) is 0 Å². The number of para-hydroxylation sites is 4. The van der Waals surface area contributed by atoms with Crippen molar-refractivity contribution < 1.29 is 0 Å². The second-order valence-electron chi connectivity index (χ2n) is 16.0. The van der Waals surface area contributed by atoms with Gasteiger partial charge in [-0.05, 0) is 104 Å². The maximum atomic E-state index is 2.51. The Kier molecular flexibility index (Phi) is 8.11. The van der Waals surface area contributed by atoms with Gasteiger partial charge in [0.2, 0.25) is 0 Å². The van der Waals surface area contributed by atoms with Crippen LogP contribution in [0.25, 0.3) is 44.2 Å². The van der Waals surface area contributed by atoms with E-state index in [2.05, 4.69) is 252 Å². The maximum absolute atomic E-state index is 2.51. The molecule has 0 amide bonds. The van der Waals surface area contributed by atoms with E-state index in [9.17, 15) is 0 Å². The molecule has 12 rings (SSSR count). The number of anilines is 6. The zero-order valence-corrected chi connectivity index (χ0v) is 33.5. The van der Waals surface area contributed by atoms with Crippen molar-refractivity contribution in [2.75, 3.05) is 9.80 Å². The van der Waals surface area contributed by atoms with Crippen LogP contribution in [0.3, 0.4) is 0 Å². The molecule has 0 saturated carbocycles. The highest BCUT2D eigenvalue weighted by Crippen LogP contribution is 2.64. The van der Waals surface area contributed by atoms with Crippen LogP contribution in [0, 0.1) is 0 Å². The summed E-state index contributed by atoms with van der Waals surface area (Å²) in [7, 11) is 0. The third-order valence-electron chi connectivity index (χ3n) is 12.9. The second-order valence-corrected chi connectivity index (χ2v) is 16.0. The summed E-state index contributed by atoms with van der Waals surface area (Å²) in [5.41, 5.74) is 18.7. The van der Waals surface area contributed by atoms with Crippen LogP contribution in [0.1, 0.15) is 22.3 Å². The molecule has 2 aliphatic rings. The predicted molar refractivity (Wildman–Crippen MR) is 255 cm³/mol. The van der Waals surface area contributed by atoms with Gasteiger partial charge < -0.3 is 9.80 Å². The second kappa shape index (κ2) is 14.1. The molecule has 1 heterocycles. The molecule has 0 N–H and O–H groups in total. The molecule has 10 aromatic rings. The number of rotatable bonds is 6. The van der Waals surface area contributed by atoms with Gasteiger partial charge >= 0.3 is 0 Å². The first-order valence-electron chi connectivity index (χ1n) is 21.1. The van der Waals surface area contributed by atoms with Crippen molar-refractivity contribution in [2.24, 2.45) is 0 Å². The Bertz CT molecular complexity index is 3220. The first-order valence-corrected chi connectivity index (χ1v) is 21.1. The Labute approximate surface area is 356 Å². The Morgan fingerprint density at radius 3 is 1.61 bits per heavy atom. The summed E-state index contributed by atoms with van der Waals surface area (Å²) in [6.45, 7) is 0. The molecule has 10 aromatic carbocycles. The first kappa shape index (κ1) is 35.0. The van der Waals surface area contributed by atoms with Crippen molar-refractivity contribution in [1.82, 2.24) is 0 Å². The van der Waals surface area contributed by atoms with Crippen molar-refractivity contribution in [3.63, 3.8) is 0 Å². The Hall–Kier alpha value is -7.94. The van der Waals surface area contributed by atoms with Gasteiger partial charge in [0.1, 0.15) is 0 Å². The lowest BCUT2D eigenvalue weighted by Crippen LogP contribution is -2.36. The van der Waals surface area contributed by atoms with Gasteiger partial charge in [0.15, 0.2) is 0 Å². The van der Waals surface area contributed by atoms with Crippen LogP contribution >= 0.6 is 0 Å². The Balaban J connectivity index is 1.16. The smallest absolute Gasteiger partial charge is 0.0755 e. The minimum absolute atomic E-state index is 0.579. The molecule has 0 atom stereocenters. The topological polar surface area (TPSA) is 6.48 Å². The summed E-state index contributed by atoms with van der Waals surface area (Å²) in [5, 5.41) is 2.40. The molecular weight excluding hydrogens is 737 g/mol. The predicted octanol–water partition coefficient (Wildman–Crippen LogP) is 15.8. The van der Waals surface area contributed by atoms with Crippen LogP contribution in [0.5, 0.6) is 0 Å². The average Bonchev–Trinajstić information content (AvgIpc) is 3.62. The summed E-state index contributed by atoms with van der Waals surface area (Å²) in [4.78, 5) is 4.95. The maximum Gasteiger partial charge on any atom is 0.0755 e. The fourth-order valence-corrected chi connectivity index (χ4v) is 10.4. The molecule has 0 aromatic heterocycles. The number of benzene rings is 10. The van der Waals surface area contributed by atoms with Crippen LogP contribution in [0.2, 0.25) is 0 Å². The van der Waals surface area contributed by atoms with Gasteiger partial charge in [-0.2, -0.15) is 0 Å². The van der Waals surface area contributed by atoms with Crippen molar-refractivity contribution in [3.8, 4) is 33.4 Å². The van der Waals surface area contributed by atoms with Crippen LogP contribution in [-0.2, 0) is 5.41 Å². The van der Waals surface area contributed by atoms with E-state index in [0.29, 0.717) is 0 Å². The zero-order valence-electron chi connectivity index (χ0n) is 33.5. The number of hydrogen-bond donors (Lipinski definition) is 0.